The van der Waals surface area contributed by atoms with Gasteiger partial charge in [-0.25, -0.2) is 13.6 Å². The van der Waals surface area contributed by atoms with E-state index >= 15 is 0 Å². The van der Waals surface area contributed by atoms with Crippen LogP contribution in [-0.2, 0) is 11.8 Å². The number of nitrogens with zero attached hydrogens (tertiary/aromatic N) is 3. The van der Waals surface area contributed by atoms with Crippen LogP contribution in [0.25, 0.3) is 11.3 Å². The number of carbonyl (C=O) groups excluding carboxylic acids is 1. The number of methoxy groups -OCH3 is 1. The van der Waals surface area contributed by atoms with E-state index in [4.69, 9.17) is 4.74 Å². The number of anilines is 1. The first-order valence-corrected chi connectivity index (χ1v) is 11.2. The molecule has 2 amide bonds. The van der Waals surface area contributed by atoms with Crippen LogP contribution < -0.4 is 10.6 Å². The predicted octanol–water partition coefficient (Wildman–Crippen LogP) is 3.91. The van der Waals surface area contributed by atoms with Gasteiger partial charge in [0.05, 0.1) is 24.0 Å². The molecular weight excluding hydrogens is 440 g/mol. The number of nitrogens with one attached hydrogen (secondary N) is 2. The summed E-state index contributed by atoms with van der Waals surface area (Å²) >= 11 is 0. The molecule has 180 valence electrons. The average Bonchev–Trinajstić information content (AvgIpc) is 3.35. The van der Waals surface area contributed by atoms with E-state index in [1.807, 2.05) is 44.3 Å². The molecule has 1 aliphatic heterocycles. The number of amides is 2. The van der Waals surface area contributed by atoms with Crippen LogP contribution in [0.5, 0.6) is 0 Å². The molecule has 7 nitrogen and oxygen atoms in total. The minimum Gasteiger partial charge on any atom is -0.383 e. The number of hydrogen-bond acceptors (Lipinski definition) is 4. The standard InChI is InChI=1S/C25H29F2N5O2/c1-16-23(24(30-31(16)2)17-7-5-4-6-8-17)29-25(33)28-22-15-32(11-12-34-3)14-19(22)18-9-10-20(26)21(27)13-18/h4-10,13,19,22H,11-12,14-15H2,1-3H3,(H2,28,29,33)/t19-,22+/m0/s1. The Morgan fingerprint density at radius 2 is 1.91 bits per heavy atom. The smallest absolute Gasteiger partial charge is 0.319 e. The van der Waals surface area contributed by atoms with Crippen molar-refractivity contribution in [1.29, 1.82) is 0 Å². The Kier molecular flexibility index (Phi) is 7.23. The Bertz CT molecular complexity index is 1150. The molecule has 1 saturated heterocycles. The summed E-state index contributed by atoms with van der Waals surface area (Å²) in [5, 5.41) is 10.6. The van der Waals surface area contributed by atoms with Gasteiger partial charge in [-0.2, -0.15) is 5.10 Å². The molecule has 2 atom stereocenters. The van der Waals surface area contributed by atoms with Crippen molar-refractivity contribution in [1.82, 2.24) is 20.0 Å². The molecule has 4 rings (SSSR count). The number of ether oxygens (including phenoxy) is 1. The van der Waals surface area contributed by atoms with E-state index in [9.17, 15) is 13.6 Å². The third-order valence-corrected chi connectivity index (χ3v) is 6.32. The van der Waals surface area contributed by atoms with Crippen LogP contribution in [0.2, 0.25) is 0 Å². The fourth-order valence-electron chi connectivity index (χ4n) is 4.39. The van der Waals surface area contributed by atoms with Gasteiger partial charge in [0.1, 0.15) is 5.69 Å². The van der Waals surface area contributed by atoms with Crippen molar-refractivity contribution < 1.29 is 18.3 Å². The van der Waals surface area contributed by atoms with Gasteiger partial charge in [0.25, 0.3) is 0 Å². The lowest BCUT2D eigenvalue weighted by molar-refractivity contribution is 0.159. The summed E-state index contributed by atoms with van der Waals surface area (Å²) in [6, 6.07) is 12.9. The maximum atomic E-state index is 13.9. The first kappa shape index (κ1) is 23.8. The number of urea groups is 1. The first-order valence-electron chi connectivity index (χ1n) is 11.2. The SMILES string of the molecule is COCCN1C[C@@H](NC(=O)Nc2c(-c3ccccc3)nn(C)c2C)[C@H](c2ccc(F)c(F)c2)C1. The molecule has 0 bridgehead atoms. The van der Waals surface area contributed by atoms with Gasteiger partial charge in [-0.3, -0.25) is 9.58 Å². The van der Waals surface area contributed by atoms with Gasteiger partial charge >= 0.3 is 6.03 Å². The van der Waals surface area contributed by atoms with Crippen LogP contribution in [0.1, 0.15) is 17.2 Å². The summed E-state index contributed by atoms with van der Waals surface area (Å²) in [6.45, 7) is 4.27. The van der Waals surface area contributed by atoms with E-state index in [1.54, 1.807) is 17.9 Å². The highest BCUT2D eigenvalue weighted by Gasteiger charge is 2.35. The molecule has 9 heteroatoms. The Balaban J connectivity index is 1.54. The number of benzene rings is 2. The van der Waals surface area contributed by atoms with Crippen molar-refractivity contribution in [3.05, 3.63) is 71.4 Å². The zero-order valence-electron chi connectivity index (χ0n) is 19.5. The summed E-state index contributed by atoms with van der Waals surface area (Å²) in [5.41, 5.74) is 3.67. The first-order chi connectivity index (χ1) is 16.4. The maximum absolute atomic E-state index is 13.9. The highest BCUT2D eigenvalue weighted by molar-refractivity contribution is 5.94. The van der Waals surface area contributed by atoms with Gasteiger partial charge < -0.3 is 15.4 Å². The number of aromatic nitrogens is 2. The van der Waals surface area contributed by atoms with Crippen molar-refractivity contribution in [3.8, 4) is 11.3 Å². The monoisotopic (exact) mass is 469 g/mol. The van der Waals surface area contributed by atoms with Crippen LogP contribution in [-0.4, -0.2) is 60.1 Å². The molecule has 0 spiro atoms. The molecule has 0 radical (unpaired) electrons. The molecular formula is C25H29F2N5O2. The lowest BCUT2D eigenvalue weighted by atomic mass is 9.94. The zero-order chi connectivity index (χ0) is 24.2. The molecule has 1 aliphatic rings. The molecule has 1 aromatic heterocycles. The van der Waals surface area contributed by atoms with Crippen LogP contribution in [0, 0.1) is 18.6 Å². The van der Waals surface area contributed by atoms with Crippen LogP contribution in [0.4, 0.5) is 19.3 Å². The topological polar surface area (TPSA) is 71.4 Å². The maximum Gasteiger partial charge on any atom is 0.319 e. The van der Waals surface area contributed by atoms with E-state index in [1.165, 1.54) is 6.07 Å². The quantitative estimate of drug-likeness (QED) is 0.551. The van der Waals surface area contributed by atoms with Crippen LogP contribution in [0.3, 0.4) is 0 Å². The molecule has 34 heavy (non-hydrogen) atoms. The largest absolute Gasteiger partial charge is 0.383 e. The molecule has 0 aliphatic carbocycles. The zero-order valence-corrected chi connectivity index (χ0v) is 19.5. The lowest BCUT2D eigenvalue weighted by Crippen LogP contribution is -2.42. The Morgan fingerprint density at radius 3 is 2.62 bits per heavy atom. The summed E-state index contributed by atoms with van der Waals surface area (Å²) in [7, 11) is 3.46. The fraction of sp³-hybridized carbons (Fsp3) is 0.360. The molecule has 3 aromatic rings. The molecule has 0 saturated carbocycles. The molecule has 2 N–H and O–H groups in total. The average molecular weight is 470 g/mol. The number of likely N-dealkylation sites (tertiary alicyclic amines) is 1. The van der Waals surface area contributed by atoms with E-state index in [-0.39, 0.29) is 18.0 Å². The van der Waals surface area contributed by atoms with Gasteiger partial charge in [0, 0.05) is 45.3 Å². The summed E-state index contributed by atoms with van der Waals surface area (Å²) in [4.78, 5) is 15.2. The highest BCUT2D eigenvalue weighted by atomic mass is 19.2. The Hall–Kier alpha value is -3.30. The minimum absolute atomic E-state index is 0.193. The van der Waals surface area contributed by atoms with Crippen molar-refractivity contribution in [2.24, 2.45) is 7.05 Å². The predicted molar refractivity (Wildman–Crippen MR) is 127 cm³/mol. The summed E-state index contributed by atoms with van der Waals surface area (Å²) in [6.07, 6.45) is 0. The minimum atomic E-state index is -0.894. The van der Waals surface area contributed by atoms with Crippen molar-refractivity contribution in [2.45, 2.75) is 18.9 Å². The number of carbonyl (C=O) groups is 1. The fourth-order valence-corrected chi connectivity index (χ4v) is 4.39. The van der Waals surface area contributed by atoms with Crippen molar-refractivity contribution in [2.75, 3.05) is 38.7 Å². The molecule has 2 heterocycles. The number of halogens is 2. The number of hydrogen-bond donors (Lipinski definition) is 2. The van der Waals surface area contributed by atoms with Gasteiger partial charge in [-0.15, -0.1) is 0 Å². The van der Waals surface area contributed by atoms with Crippen molar-refractivity contribution >= 4 is 11.7 Å². The summed E-state index contributed by atoms with van der Waals surface area (Å²) < 4.78 is 34.4. The summed E-state index contributed by atoms with van der Waals surface area (Å²) in [5.74, 6) is -1.98. The second kappa shape index (κ2) is 10.3. The van der Waals surface area contributed by atoms with E-state index in [0.29, 0.717) is 43.2 Å². The third-order valence-electron chi connectivity index (χ3n) is 6.32. The Labute approximate surface area is 197 Å². The molecule has 1 fully saturated rings. The highest BCUT2D eigenvalue weighted by Crippen LogP contribution is 2.31. The van der Waals surface area contributed by atoms with Gasteiger partial charge in [-0.05, 0) is 24.6 Å². The number of aryl methyl sites for hydroxylation is 1. The second-order valence-electron chi connectivity index (χ2n) is 8.54. The van der Waals surface area contributed by atoms with Gasteiger partial charge in [0.2, 0.25) is 0 Å². The van der Waals surface area contributed by atoms with E-state index < -0.39 is 11.6 Å². The molecule has 2 aromatic carbocycles. The third kappa shape index (κ3) is 5.10. The second-order valence-corrected chi connectivity index (χ2v) is 8.54. The van der Waals surface area contributed by atoms with Gasteiger partial charge in [-0.1, -0.05) is 36.4 Å². The Morgan fingerprint density at radius 1 is 1.15 bits per heavy atom. The lowest BCUT2D eigenvalue weighted by Gasteiger charge is -2.21. The number of rotatable bonds is 7. The van der Waals surface area contributed by atoms with Crippen LogP contribution >= 0.6 is 0 Å². The molecule has 0 unspecified atom stereocenters. The van der Waals surface area contributed by atoms with Crippen LogP contribution in [0.15, 0.2) is 48.5 Å². The van der Waals surface area contributed by atoms with Gasteiger partial charge in [0.15, 0.2) is 11.6 Å². The van der Waals surface area contributed by atoms with E-state index in [0.717, 1.165) is 17.3 Å². The normalized spacial score (nSPS) is 18.3. The van der Waals surface area contributed by atoms with E-state index in [2.05, 4.69) is 20.6 Å². The van der Waals surface area contributed by atoms with Crippen molar-refractivity contribution in [3.63, 3.8) is 0 Å².